The first-order chi connectivity index (χ1) is 16.1. The van der Waals surface area contributed by atoms with E-state index in [1.165, 1.54) is 23.5 Å². The van der Waals surface area contributed by atoms with Crippen LogP contribution in [0.25, 0.3) is 27.5 Å². The summed E-state index contributed by atoms with van der Waals surface area (Å²) in [6.07, 6.45) is 1.86. The van der Waals surface area contributed by atoms with Gasteiger partial charge in [-0.25, -0.2) is 9.07 Å². The Hall–Kier alpha value is -4.17. The van der Waals surface area contributed by atoms with Crippen LogP contribution in [0.5, 0.6) is 0 Å². The van der Waals surface area contributed by atoms with Crippen LogP contribution in [0.4, 0.5) is 9.52 Å². The summed E-state index contributed by atoms with van der Waals surface area (Å²) in [5, 5.41) is 16.9. The molecule has 2 aromatic heterocycles. The molecule has 0 aliphatic carbocycles. The predicted octanol–water partition coefficient (Wildman–Crippen LogP) is 5.76. The average Bonchev–Trinajstić information content (AvgIpc) is 3.48. The molecule has 0 spiro atoms. The molecule has 2 heterocycles. The van der Waals surface area contributed by atoms with Gasteiger partial charge in [0.05, 0.1) is 11.3 Å². The van der Waals surface area contributed by atoms with E-state index >= 15 is 0 Å². The molecule has 5 rings (SSSR count). The third-order valence-electron chi connectivity index (χ3n) is 5.04. The van der Waals surface area contributed by atoms with E-state index in [0.29, 0.717) is 21.4 Å². The summed E-state index contributed by atoms with van der Waals surface area (Å²) in [4.78, 5) is 12.6. The van der Waals surface area contributed by atoms with Gasteiger partial charge in [0.25, 0.3) is 5.91 Å². The van der Waals surface area contributed by atoms with Crippen LogP contribution in [0, 0.1) is 12.7 Å². The Bertz CT molecular complexity index is 1410. The molecule has 6 nitrogen and oxygen atoms in total. The van der Waals surface area contributed by atoms with E-state index in [0.717, 1.165) is 22.4 Å². The second kappa shape index (κ2) is 8.76. The number of nitrogens with zero attached hydrogens (tertiary/aromatic N) is 4. The summed E-state index contributed by atoms with van der Waals surface area (Å²) >= 11 is 1.25. The van der Waals surface area contributed by atoms with Crippen LogP contribution in [-0.2, 0) is 0 Å². The molecule has 0 aliphatic heterocycles. The molecule has 8 heteroatoms. The molecule has 0 radical (unpaired) electrons. The van der Waals surface area contributed by atoms with Crippen molar-refractivity contribution in [3.8, 4) is 27.5 Å². The van der Waals surface area contributed by atoms with Crippen LogP contribution in [0.1, 0.15) is 15.9 Å². The molecular formula is C25H18FN5OS. The number of rotatable bonds is 5. The third kappa shape index (κ3) is 4.42. The Labute approximate surface area is 193 Å². The summed E-state index contributed by atoms with van der Waals surface area (Å²) in [5.41, 5.74) is 4.63. The lowest BCUT2D eigenvalue weighted by molar-refractivity contribution is 0.102. The molecule has 0 saturated carbocycles. The summed E-state index contributed by atoms with van der Waals surface area (Å²) in [5.74, 6) is -0.573. The molecule has 162 valence electrons. The zero-order valence-corrected chi connectivity index (χ0v) is 18.4. The highest BCUT2D eigenvalue weighted by Gasteiger charge is 2.19. The zero-order chi connectivity index (χ0) is 22.8. The van der Waals surface area contributed by atoms with Gasteiger partial charge in [0, 0.05) is 17.3 Å². The maximum absolute atomic E-state index is 13.5. The highest BCUT2D eigenvalue weighted by molar-refractivity contribution is 7.18. The number of aryl methyl sites for hydroxylation is 1. The fourth-order valence-corrected chi connectivity index (χ4v) is 4.07. The van der Waals surface area contributed by atoms with Crippen LogP contribution >= 0.6 is 11.3 Å². The van der Waals surface area contributed by atoms with E-state index in [-0.39, 0.29) is 11.7 Å². The van der Waals surface area contributed by atoms with Gasteiger partial charge in [-0.15, -0.1) is 10.2 Å². The number of benzene rings is 3. The number of amides is 1. The van der Waals surface area contributed by atoms with Crippen molar-refractivity contribution in [1.29, 1.82) is 0 Å². The van der Waals surface area contributed by atoms with Crippen molar-refractivity contribution in [3.05, 3.63) is 102 Å². The van der Waals surface area contributed by atoms with Crippen molar-refractivity contribution in [2.45, 2.75) is 6.92 Å². The number of nitrogens with one attached hydrogen (secondary N) is 1. The summed E-state index contributed by atoms with van der Waals surface area (Å²) in [7, 11) is 0. The Balaban J connectivity index is 1.50. The van der Waals surface area contributed by atoms with Gasteiger partial charge >= 0.3 is 0 Å². The molecule has 0 aliphatic rings. The maximum atomic E-state index is 13.5. The van der Waals surface area contributed by atoms with Crippen LogP contribution in [0.2, 0.25) is 0 Å². The molecule has 0 unspecified atom stereocenters. The van der Waals surface area contributed by atoms with Crippen molar-refractivity contribution in [3.63, 3.8) is 0 Å². The number of carbonyl (C=O) groups excluding carboxylic acids is 1. The van der Waals surface area contributed by atoms with Crippen molar-refractivity contribution in [2.75, 3.05) is 5.32 Å². The first-order valence-electron chi connectivity index (χ1n) is 10.2. The number of aromatic nitrogens is 4. The largest absolute Gasteiger partial charge is 0.296 e. The number of anilines is 1. The SMILES string of the molecule is Cc1ccc(C(=O)Nc2nnc(-c3cn(-c4ccccc4)nc3-c3ccc(F)cc3)s2)cc1. The summed E-state index contributed by atoms with van der Waals surface area (Å²) in [6, 6.07) is 23.1. The van der Waals surface area contributed by atoms with Gasteiger partial charge in [0.15, 0.2) is 5.01 Å². The van der Waals surface area contributed by atoms with Crippen molar-refractivity contribution in [2.24, 2.45) is 0 Å². The molecular weight excluding hydrogens is 437 g/mol. The summed E-state index contributed by atoms with van der Waals surface area (Å²) in [6.45, 7) is 1.97. The quantitative estimate of drug-likeness (QED) is 0.366. The lowest BCUT2D eigenvalue weighted by Gasteiger charge is -2.01. The van der Waals surface area contributed by atoms with Gasteiger partial charge in [-0.05, 0) is 55.5 Å². The van der Waals surface area contributed by atoms with E-state index in [1.807, 2.05) is 55.6 Å². The van der Waals surface area contributed by atoms with Crippen molar-refractivity contribution < 1.29 is 9.18 Å². The van der Waals surface area contributed by atoms with Crippen LogP contribution in [0.15, 0.2) is 85.1 Å². The number of hydrogen-bond donors (Lipinski definition) is 1. The third-order valence-corrected chi connectivity index (χ3v) is 5.91. The first-order valence-corrected chi connectivity index (χ1v) is 11.0. The van der Waals surface area contributed by atoms with E-state index in [9.17, 15) is 9.18 Å². The maximum Gasteiger partial charge on any atom is 0.257 e. The Kier molecular flexibility index (Phi) is 5.50. The normalized spacial score (nSPS) is 10.8. The lowest BCUT2D eigenvalue weighted by Crippen LogP contribution is -2.11. The molecule has 3 aromatic carbocycles. The lowest BCUT2D eigenvalue weighted by atomic mass is 10.1. The highest BCUT2D eigenvalue weighted by atomic mass is 32.1. The van der Waals surface area contributed by atoms with E-state index < -0.39 is 0 Å². The highest BCUT2D eigenvalue weighted by Crippen LogP contribution is 2.35. The second-order valence-electron chi connectivity index (χ2n) is 7.41. The number of halogens is 1. The molecule has 1 amide bonds. The fourth-order valence-electron chi connectivity index (χ4n) is 3.32. The van der Waals surface area contributed by atoms with Gasteiger partial charge in [0.1, 0.15) is 11.5 Å². The first kappa shape index (κ1) is 20.7. The van der Waals surface area contributed by atoms with Gasteiger partial charge in [-0.2, -0.15) is 5.10 Å². The Morgan fingerprint density at radius 2 is 1.67 bits per heavy atom. The standard InChI is InChI=1S/C25H18FN5OS/c1-16-7-9-18(10-8-16)23(32)27-25-29-28-24(33-25)21-15-31(20-5-3-2-4-6-20)30-22(21)17-11-13-19(26)14-12-17/h2-15H,1H3,(H,27,29,32). The minimum Gasteiger partial charge on any atom is -0.296 e. The van der Waals surface area contributed by atoms with Gasteiger partial charge in [-0.3, -0.25) is 10.1 Å². The Morgan fingerprint density at radius 3 is 2.39 bits per heavy atom. The van der Waals surface area contributed by atoms with Gasteiger partial charge < -0.3 is 0 Å². The predicted molar refractivity (Wildman–Crippen MR) is 127 cm³/mol. The molecule has 1 N–H and O–H groups in total. The van der Waals surface area contributed by atoms with Crippen LogP contribution in [0.3, 0.4) is 0 Å². The average molecular weight is 456 g/mol. The number of hydrogen-bond acceptors (Lipinski definition) is 5. The van der Waals surface area contributed by atoms with Crippen molar-refractivity contribution in [1.82, 2.24) is 20.0 Å². The smallest absolute Gasteiger partial charge is 0.257 e. The summed E-state index contributed by atoms with van der Waals surface area (Å²) < 4.78 is 15.2. The fraction of sp³-hybridized carbons (Fsp3) is 0.0400. The zero-order valence-electron chi connectivity index (χ0n) is 17.6. The topological polar surface area (TPSA) is 72.7 Å². The van der Waals surface area contributed by atoms with Crippen molar-refractivity contribution >= 4 is 22.4 Å². The van der Waals surface area contributed by atoms with Gasteiger partial charge in [-0.1, -0.05) is 47.2 Å². The number of para-hydroxylation sites is 1. The monoisotopic (exact) mass is 455 g/mol. The minimum atomic E-state index is -0.320. The number of carbonyl (C=O) groups is 1. The molecule has 0 atom stereocenters. The minimum absolute atomic E-state index is 0.253. The molecule has 0 fully saturated rings. The van der Waals surface area contributed by atoms with E-state index in [4.69, 9.17) is 5.10 Å². The van der Waals surface area contributed by atoms with E-state index in [2.05, 4.69) is 15.5 Å². The Morgan fingerprint density at radius 1 is 0.939 bits per heavy atom. The van der Waals surface area contributed by atoms with E-state index in [1.54, 1.807) is 28.9 Å². The van der Waals surface area contributed by atoms with Crippen LogP contribution < -0.4 is 5.32 Å². The van der Waals surface area contributed by atoms with Gasteiger partial charge in [0.2, 0.25) is 5.13 Å². The molecule has 0 saturated heterocycles. The second-order valence-corrected chi connectivity index (χ2v) is 8.39. The molecule has 5 aromatic rings. The van der Waals surface area contributed by atoms with Crippen LogP contribution in [-0.4, -0.2) is 25.9 Å². The molecule has 0 bridgehead atoms. The molecule has 33 heavy (non-hydrogen) atoms.